The Kier molecular flexibility index (Phi) is 6.01. The van der Waals surface area contributed by atoms with Crippen LogP contribution in [0.4, 0.5) is 5.69 Å². The van der Waals surface area contributed by atoms with Crippen molar-refractivity contribution in [1.29, 1.82) is 0 Å². The van der Waals surface area contributed by atoms with Crippen molar-refractivity contribution < 1.29 is 27.4 Å². The first-order chi connectivity index (χ1) is 14.9. The Morgan fingerprint density at radius 1 is 0.935 bits per heavy atom. The molecule has 0 atom stereocenters. The van der Waals surface area contributed by atoms with Crippen molar-refractivity contribution in [2.24, 2.45) is 0 Å². The molecule has 0 bridgehead atoms. The number of anilines is 1. The normalized spacial score (nSPS) is 12.8. The maximum absolute atomic E-state index is 12.7. The lowest BCUT2D eigenvalue weighted by atomic mass is 10.2. The first kappa shape index (κ1) is 21.0. The van der Waals surface area contributed by atoms with Crippen LogP contribution in [0.15, 0.2) is 71.6 Å². The zero-order chi connectivity index (χ0) is 21.8. The van der Waals surface area contributed by atoms with Crippen molar-refractivity contribution in [3.05, 3.63) is 82.9 Å². The van der Waals surface area contributed by atoms with Crippen LogP contribution in [0.1, 0.15) is 15.9 Å². The number of fused-ring (bicyclic) bond motifs is 1. The highest BCUT2D eigenvalue weighted by Crippen LogP contribution is 2.32. The smallest absolute Gasteiger partial charge is 0.338 e. The van der Waals surface area contributed by atoms with Crippen LogP contribution in [-0.2, 0) is 21.4 Å². The van der Waals surface area contributed by atoms with Crippen LogP contribution in [0.5, 0.6) is 11.5 Å². The molecule has 1 N–H and O–H groups in total. The highest BCUT2D eigenvalue weighted by molar-refractivity contribution is 7.92. The van der Waals surface area contributed by atoms with Gasteiger partial charge >= 0.3 is 5.97 Å². The summed E-state index contributed by atoms with van der Waals surface area (Å²) in [6.07, 6.45) is 0. The minimum Gasteiger partial charge on any atom is -0.486 e. The van der Waals surface area contributed by atoms with Crippen molar-refractivity contribution in [2.45, 2.75) is 11.5 Å². The summed E-state index contributed by atoms with van der Waals surface area (Å²) < 4.78 is 44.0. The number of ether oxygens (including phenoxy) is 3. The Hall–Kier alpha value is -3.23. The molecule has 0 fully saturated rings. The number of carbonyl (C=O) groups excluding carboxylic acids is 1. The summed E-state index contributed by atoms with van der Waals surface area (Å²) in [6, 6.07) is 17.4. The van der Waals surface area contributed by atoms with E-state index in [9.17, 15) is 13.2 Å². The maximum Gasteiger partial charge on any atom is 0.338 e. The molecule has 1 aliphatic heterocycles. The van der Waals surface area contributed by atoms with Crippen LogP contribution >= 0.6 is 11.6 Å². The SMILES string of the molecule is O=C(OCc1ccc(Cl)cc1)c1ccc(NS(=O)(=O)c2ccc3c(c2)OCCO3)cc1. The van der Waals surface area contributed by atoms with Crippen molar-refractivity contribution in [2.75, 3.05) is 17.9 Å². The first-order valence-corrected chi connectivity index (χ1v) is 11.2. The van der Waals surface area contributed by atoms with E-state index in [1.165, 1.54) is 36.4 Å². The number of nitrogens with one attached hydrogen (secondary N) is 1. The van der Waals surface area contributed by atoms with Crippen molar-refractivity contribution >= 4 is 33.3 Å². The van der Waals surface area contributed by atoms with E-state index in [4.69, 9.17) is 25.8 Å². The van der Waals surface area contributed by atoms with E-state index in [0.717, 1.165) is 5.56 Å². The molecule has 1 aliphatic rings. The zero-order valence-electron chi connectivity index (χ0n) is 16.2. The Morgan fingerprint density at radius 3 is 2.32 bits per heavy atom. The second-order valence-electron chi connectivity index (χ2n) is 6.69. The fraction of sp³-hybridized carbons (Fsp3) is 0.136. The number of rotatable bonds is 6. The molecule has 0 amide bonds. The predicted molar refractivity (Wildman–Crippen MR) is 115 cm³/mol. The van der Waals surface area contributed by atoms with Crippen LogP contribution < -0.4 is 14.2 Å². The Balaban J connectivity index is 1.40. The molecule has 3 aromatic rings. The van der Waals surface area contributed by atoms with Gasteiger partial charge in [-0.25, -0.2) is 13.2 Å². The molecule has 0 saturated heterocycles. The third-order valence-electron chi connectivity index (χ3n) is 4.48. The lowest BCUT2D eigenvalue weighted by Crippen LogP contribution is -2.17. The molecule has 0 saturated carbocycles. The Labute approximate surface area is 184 Å². The molecule has 0 spiro atoms. The van der Waals surface area contributed by atoms with Gasteiger partial charge < -0.3 is 14.2 Å². The number of sulfonamides is 1. The van der Waals surface area contributed by atoms with Gasteiger partial charge in [-0.05, 0) is 54.1 Å². The number of hydrogen-bond donors (Lipinski definition) is 1. The van der Waals surface area contributed by atoms with Gasteiger partial charge in [0, 0.05) is 16.8 Å². The maximum atomic E-state index is 12.7. The van der Waals surface area contributed by atoms with E-state index >= 15 is 0 Å². The average molecular weight is 460 g/mol. The van der Waals surface area contributed by atoms with Crippen molar-refractivity contribution in [3.8, 4) is 11.5 Å². The summed E-state index contributed by atoms with van der Waals surface area (Å²) >= 11 is 5.83. The van der Waals surface area contributed by atoms with E-state index in [0.29, 0.717) is 41.0 Å². The van der Waals surface area contributed by atoms with Crippen LogP contribution in [0.3, 0.4) is 0 Å². The minimum atomic E-state index is -3.84. The highest BCUT2D eigenvalue weighted by Gasteiger charge is 2.19. The van der Waals surface area contributed by atoms with Crippen LogP contribution in [0.2, 0.25) is 5.02 Å². The van der Waals surface area contributed by atoms with Crippen LogP contribution in [-0.4, -0.2) is 27.6 Å². The number of hydrogen-bond acceptors (Lipinski definition) is 6. The fourth-order valence-corrected chi connectivity index (χ4v) is 4.09. The largest absolute Gasteiger partial charge is 0.486 e. The molecule has 0 unspecified atom stereocenters. The molecule has 3 aromatic carbocycles. The average Bonchev–Trinajstić information content (AvgIpc) is 2.78. The van der Waals surface area contributed by atoms with Gasteiger partial charge in [0.1, 0.15) is 19.8 Å². The zero-order valence-corrected chi connectivity index (χ0v) is 17.8. The van der Waals surface area contributed by atoms with Crippen LogP contribution in [0, 0.1) is 0 Å². The highest BCUT2D eigenvalue weighted by atomic mass is 35.5. The van der Waals surface area contributed by atoms with Crippen molar-refractivity contribution in [1.82, 2.24) is 0 Å². The summed E-state index contributed by atoms with van der Waals surface area (Å²) in [7, 11) is -3.84. The third kappa shape index (κ3) is 5.10. The van der Waals surface area contributed by atoms with E-state index in [2.05, 4.69) is 4.72 Å². The monoisotopic (exact) mass is 459 g/mol. The molecular formula is C22H18ClNO6S. The summed E-state index contributed by atoms with van der Waals surface area (Å²) in [6.45, 7) is 0.889. The molecular weight excluding hydrogens is 442 g/mol. The molecule has 4 rings (SSSR count). The fourth-order valence-electron chi connectivity index (χ4n) is 2.89. The number of carbonyl (C=O) groups is 1. The molecule has 1 heterocycles. The van der Waals surface area contributed by atoms with Gasteiger partial charge in [-0.2, -0.15) is 0 Å². The standard InChI is InChI=1S/C22H18ClNO6S/c23-17-5-1-15(2-6-17)14-30-22(25)16-3-7-18(8-4-16)24-31(26,27)19-9-10-20-21(13-19)29-12-11-28-20/h1-10,13,24H,11-12,14H2. The van der Waals surface area contributed by atoms with Gasteiger partial charge in [0.2, 0.25) is 0 Å². The van der Waals surface area contributed by atoms with Gasteiger partial charge in [-0.3, -0.25) is 4.72 Å². The van der Waals surface area contributed by atoms with E-state index < -0.39 is 16.0 Å². The lowest BCUT2D eigenvalue weighted by molar-refractivity contribution is 0.0472. The summed E-state index contributed by atoms with van der Waals surface area (Å²) in [5.41, 5.74) is 1.42. The Morgan fingerprint density at radius 2 is 1.61 bits per heavy atom. The van der Waals surface area contributed by atoms with Gasteiger partial charge in [-0.15, -0.1) is 0 Å². The van der Waals surface area contributed by atoms with E-state index in [1.807, 2.05) is 0 Å². The predicted octanol–water partition coefficient (Wildman–Crippen LogP) is 4.27. The van der Waals surface area contributed by atoms with Crippen molar-refractivity contribution in [3.63, 3.8) is 0 Å². The second-order valence-corrected chi connectivity index (χ2v) is 8.81. The molecule has 0 aliphatic carbocycles. The Bertz CT molecular complexity index is 1190. The topological polar surface area (TPSA) is 90.9 Å². The molecule has 7 nitrogen and oxygen atoms in total. The number of halogens is 1. The first-order valence-electron chi connectivity index (χ1n) is 9.35. The van der Waals surface area contributed by atoms with Gasteiger partial charge in [0.15, 0.2) is 11.5 Å². The third-order valence-corrected chi connectivity index (χ3v) is 6.11. The molecule has 9 heteroatoms. The molecule has 31 heavy (non-hydrogen) atoms. The number of benzene rings is 3. The van der Waals surface area contributed by atoms with Gasteiger partial charge in [0.25, 0.3) is 10.0 Å². The second kappa shape index (κ2) is 8.87. The minimum absolute atomic E-state index is 0.0446. The van der Waals surface area contributed by atoms with E-state index in [1.54, 1.807) is 30.3 Å². The summed E-state index contributed by atoms with van der Waals surface area (Å²) in [5.74, 6) is 0.371. The van der Waals surface area contributed by atoms with Gasteiger partial charge in [0.05, 0.1) is 10.5 Å². The summed E-state index contributed by atoms with van der Waals surface area (Å²) in [4.78, 5) is 12.3. The molecule has 0 aromatic heterocycles. The summed E-state index contributed by atoms with van der Waals surface area (Å²) in [5, 5.41) is 0.601. The number of esters is 1. The molecule has 0 radical (unpaired) electrons. The lowest BCUT2D eigenvalue weighted by Gasteiger charge is -2.19. The van der Waals surface area contributed by atoms with Crippen LogP contribution in [0.25, 0.3) is 0 Å². The van der Waals surface area contributed by atoms with Gasteiger partial charge in [-0.1, -0.05) is 23.7 Å². The quantitative estimate of drug-likeness (QED) is 0.553. The van der Waals surface area contributed by atoms with E-state index in [-0.39, 0.29) is 11.5 Å². The molecule has 160 valence electrons.